The molecular formula is C13H19ClN2O3. The van der Waals surface area contributed by atoms with E-state index in [-0.39, 0.29) is 17.3 Å². The minimum atomic E-state index is -0.484. The molecule has 0 aliphatic carbocycles. The number of hydrogen-bond acceptors (Lipinski definition) is 4. The average Bonchev–Trinajstić information content (AvgIpc) is 2.37. The highest BCUT2D eigenvalue weighted by molar-refractivity contribution is 6.33. The van der Waals surface area contributed by atoms with Gasteiger partial charge in [-0.25, -0.2) is 0 Å². The minimum absolute atomic E-state index is 0.0707. The van der Waals surface area contributed by atoms with Crippen molar-refractivity contribution in [1.82, 2.24) is 0 Å². The zero-order valence-electron chi connectivity index (χ0n) is 11.1. The van der Waals surface area contributed by atoms with Crippen LogP contribution in [0.1, 0.15) is 25.3 Å². The predicted molar refractivity (Wildman–Crippen MR) is 76.8 cm³/mol. The molecule has 0 heterocycles. The normalized spacial score (nSPS) is 12.2. The van der Waals surface area contributed by atoms with Crippen molar-refractivity contribution in [2.75, 3.05) is 18.5 Å². The highest BCUT2D eigenvalue weighted by atomic mass is 35.5. The summed E-state index contributed by atoms with van der Waals surface area (Å²) < 4.78 is 0. The van der Waals surface area contributed by atoms with Gasteiger partial charge in [0, 0.05) is 24.9 Å². The van der Waals surface area contributed by atoms with E-state index in [9.17, 15) is 10.1 Å². The zero-order chi connectivity index (χ0) is 14.4. The molecule has 0 aliphatic heterocycles. The van der Waals surface area contributed by atoms with E-state index >= 15 is 0 Å². The first kappa shape index (κ1) is 15.7. The smallest absolute Gasteiger partial charge is 0.288 e. The van der Waals surface area contributed by atoms with E-state index in [1.54, 1.807) is 6.07 Å². The van der Waals surface area contributed by atoms with Gasteiger partial charge in [-0.3, -0.25) is 10.1 Å². The van der Waals surface area contributed by atoms with Gasteiger partial charge >= 0.3 is 0 Å². The third kappa shape index (κ3) is 4.69. The van der Waals surface area contributed by atoms with Crippen molar-refractivity contribution in [2.45, 2.75) is 26.7 Å². The van der Waals surface area contributed by atoms with Gasteiger partial charge in [-0.05, 0) is 37.3 Å². The summed E-state index contributed by atoms with van der Waals surface area (Å²) in [6.07, 6.45) is 1.86. The average molecular weight is 287 g/mol. The van der Waals surface area contributed by atoms with Crippen LogP contribution in [-0.2, 0) is 0 Å². The number of anilines is 1. The first-order valence-electron chi connectivity index (χ1n) is 6.25. The topological polar surface area (TPSA) is 75.4 Å². The van der Waals surface area contributed by atoms with Crippen LogP contribution < -0.4 is 5.32 Å². The lowest BCUT2D eigenvalue weighted by Gasteiger charge is -2.11. The van der Waals surface area contributed by atoms with Gasteiger partial charge in [0.2, 0.25) is 0 Å². The maximum Gasteiger partial charge on any atom is 0.288 e. The van der Waals surface area contributed by atoms with Crippen molar-refractivity contribution in [1.29, 1.82) is 0 Å². The molecule has 0 radical (unpaired) electrons. The number of aliphatic hydroxyl groups excluding tert-OH is 1. The summed E-state index contributed by atoms with van der Waals surface area (Å²) in [4.78, 5) is 10.2. The van der Waals surface area contributed by atoms with Crippen LogP contribution in [0.4, 0.5) is 11.4 Å². The molecule has 1 aromatic rings. The molecule has 19 heavy (non-hydrogen) atoms. The number of nitrogens with zero attached hydrogens (tertiary/aromatic N) is 1. The van der Waals surface area contributed by atoms with Crippen LogP contribution in [0.15, 0.2) is 12.1 Å². The van der Waals surface area contributed by atoms with Crippen LogP contribution in [0.5, 0.6) is 0 Å². The van der Waals surface area contributed by atoms with Gasteiger partial charge in [-0.2, -0.15) is 0 Å². The molecule has 0 bridgehead atoms. The van der Waals surface area contributed by atoms with E-state index in [1.807, 2.05) is 13.8 Å². The molecule has 0 aliphatic rings. The molecule has 0 spiro atoms. The number of halogens is 1. The summed E-state index contributed by atoms with van der Waals surface area (Å²) in [6.45, 7) is 4.75. The van der Waals surface area contributed by atoms with Crippen LogP contribution >= 0.6 is 11.6 Å². The molecule has 106 valence electrons. The van der Waals surface area contributed by atoms with Gasteiger partial charge in [0.25, 0.3) is 5.69 Å². The monoisotopic (exact) mass is 286 g/mol. The Morgan fingerprint density at radius 2 is 2.21 bits per heavy atom. The second-order valence-electron chi connectivity index (χ2n) is 4.73. The molecule has 0 fully saturated rings. The molecule has 0 saturated heterocycles. The Hall–Kier alpha value is -1.33. The number of nitrogens with one attached hydrogen (secondary N) is 1. The number of aliphatic hydroxyl groups is 1. The summed E-state index contributed by atoms with van der Waals surface area (Å²) in [5, 5.41) is 23.0. The van der Waals surface area contributed by atoms with Gasteiger partial charge in [-0.15, -0.1) is 0 Å². The van der Waals surface area contributed by atoms with E-state index in [1.165, 1.54) is 6.07 Å². The largest absolute Gasteiger partial charge is 0.396 e. The van der Waals surface area contributed by atoms with Crippen molar-refractivity contribution in [3.8, 4) is 0 Å². The minimum Gasteiger partial charge on any atom is -0.396 e. The Kier molecular flexibility index (Phi) is 6.05. The van der Waals surface area contributed by atoms with E-state index in [2.05, 4.69) is 5.32 Å². The van der Waals surface area contributed by atoms with E-state index in [4.69, 9.17) is 16.7 Å². The number of benzene rings is 1. The molecule has 0 amide bonds. The molecule has 0 aromatic heterocycles. The van der Waals surface area contributed by atoms with E-state index in [0.717, 1.165) is 30.6 Å². The van der Waals surface area contributed by atoms with Crippen LogP contribution in [0.25, 0.3) is 0 Å². The summed E-state index contributed by atoms with van der Waals surface area (Å²) in [7, 11) is 0. The van der Waals surface area contributed by atoms with Crippen molar-refractivity contribution in [3.05, 3.63) is 32.8 Å². The van der Waals surface area contributed by atoms with Gasteiger partial charge in [0.1, 0.15) is 5.02 Å². The molecule has 1 aromatic carbocycles. The lowest BCUT2D eigenvalue weighted by molar-refractivity contribution is -0.384. The fraction of sp³-hybridized carbons (Fsp3) is 0.538. The number of nitro benzene ring substituents is 1. The molecule has 1 atom stereocenters. The van der Waals surface area contributed by atoms with Crippen LogP contribution in [-0.4, -0.2) is 23.2 Å². The molecule has 1 unspecified atom stereocenters. The van der Waals surface area contributed by atoms with E-state index < -0.39 is 4.92 Å². The van der Waals surface area contributed by atoms with Gasteiger partial charge in [0.05, 0.1) is 4.92 Å². The quantitative estimate of drug-likeness (QED) is 0.458. The Balaban J connectivity index is 2.60. The predicted octanol–water partition coefficient (Wildman–Crippen LogP) is 3.38. The fourth-order valence-corrected chi connectivity index (χ4v) is 1.99. The molecule has 0 saturated carbocycles. The first-order chi connectivity index (χ1) is 8.95. The molecular weight excluding hydrogens is 268 g/mol. The highest BCUT2D eigenvalue weighted by Gasteiger charge is 2.14. The van der Waals surface area contributed by atoms with Gasteiger partial charge in [0.15, 0.2) is 0 Å². The Morgan fingerprint density at radius 1 is 1.53 bits per heavy atom. The number of nitro groups is 1. The standard InChI is InChI=1S/C13H19ClN2O3/c1-9(8-17)4-3-5-15-12-7-11(14)13(16(18)19)6-10(12)2/h6-7,9,15,17H,3-5,8H2,1-2H3. The van der Waals surface area contributed by atoms with Crippen molar-refractivity contribution < 1.29 is 10.0 Å². The summed E-state index contributed by atoms with van der Waals surface area (Å²) in [6, 6.07) is 3.06. The second kappa shape index (κ2) is 7.31. The van der Waals surface area contributed by atoms with Crippen molar-refractivity contribution in [2.24, 2.45) is 5.92 Å². The van der Waals surface area contributed by atoms with Crippen LogP contribution in [0.3, 0.4) is 0 Å². The van der Waals surface area contributed by atoms with Gasteiger partial charge in [-0.1, -0.05) is 18.5 Å². The number of rotatable bonds is 7. The third-order valence-corrected chi connectivity index (χ3v) is 3.29. The van der Waals surface area contributed by atoms with Gasteiger partial charge < -0.3 is 10.4 Å². The lowest BCUT2D eigenvalue weighted by atomic mass is 10.1. The van der Waals surface area contributed by atoms with Crippen molar-refractivity contribution >= 4 is 23.0 Å². The Morgan fingerprint density at radius 3 is 2.79 bits per heavy atom. The Labute approximate surface area is 117 Å². The third-order valence-electron chi connectivity index (χ3n) is 2.99. The zero-order valence-corrected chi connectivity index (χ0v) is 11.9. The second-order valence-corrected chi connectivity index (χ2v) is 5.14. The molecule has 6 heteroatoms. The fourth-order valence-electron chi connectivity index (χ4n) is 1.76. The maximum atomic E-state index is 10.7. The summed E-state index contributed by atoms with van der Waals surface area (Å²) in [5.41, 5.74) is 1.54. The molecule has 2 N–H and O–H groups in total. The summed E-state index contributed by atoms with van der Waals surface area (Å²) in [5.74, 6) is 0.295. The number of hydrogen-bond donors (Lipinski definition) is 2. The van der Waals surface area contributed by atoms with E-state index in [0.29, 0.717) is 5.92 Å². The lowest BCUT2D eigenvalue weighted by Crippen LogP contribution is -2.07. The summed E-state index contributed by atoms with van der Waals surface area (Å²) >= 11 is 5.87. The SMILES string of the molecule is Cc1cc([N+](=O)[O-])c(Cl)cc1NCCCC(C)CO. The molecule has 5 nitrogen and oxygen atoms in total. The first-order valence-corrected chi connectivity index (χ1v) is 6.62. The Bertz CT molecular complexity index is 452. The number of aryl methyl sites for hydroxylation is 1. The van der Waals surface area contributed by atoms with Crippen molar-refractivity contribution in [3.63, 3.8) is 0 Å². The van der Waals surface area contributed by atoms with Crippen LogP contribution in [0.2, 0.25) is 5.02 Å². The highest BCUT2D eigenvalue weighted by Crippen LogP contribution is 2.30. The maximum absolute atomic E-state index is 10.7. The van der Waals surface area contributed by atoms with Crippen LogP contribution in [0, 0.1) is 23.0 Å². The molecule has 1 rings (SSSR count).